The molecule has 20 heavy (non-hydrogen) atoms. The lowest BCUT2D eigenvalue weighted by molar-refractivity contribution is -0.132. The van der Waals surface area contributed by atoms with Gasteiger partial charge < -0.3 is 16.3 Å². The van der Waals surface area contributed by atoms with Gasteiger partial charge in [-0.1, -0.05) is 45.7 Å². The number of nitrogens with one attached hydrogen (secondary N) is 1. The highest BCUT2D eigenvalue weighted by atomic mass is 16.4. The fourth-order valence-electron chi connectivity index (χ4n) is 3.07. The van der Waals surface area contributed by atoms with Crippen molar-refractivity contribution < 1.29 is 10.0 Å². The molecule has 0 bridgehead atoms. The molecule has 1 saturated carbocycles. The van der Waals surface area contributed by atoms with Crippen LogP contribution < -0.4 is 11.1 Å². The number of rotatable bonds is 6. The maximum absolute atomic E-state index is 12.6. The van der Waals surface area contributed by atoms with Gasteiger partial charge in [0.05, 0.1) is 0 Å². The first-order chi connectivity index (χ1) is 9.23. The van der Waals surface area contributed by atoms with Gasteiger partial charge in [0.15, 0.2) is 0 Å². The molecular weight excluding hydrogens is 254 g/mol. The van der Waals surface area contributed by atoms with Crippen molar-refractivity contribution >= 4 is 11.7 Å². The Hall–Kier alpha value is -1.26. The second-order valence-corrected chi connectivity index (χ2v) is 7.14. The lowest BCUT2D eigenvalue weighted by Crippen LogP contribution is -2.47. The van der Waals surface area contributed by atoms with Gasteiger partial charge in [0.25, 0.3) is 0 Å². The first-order valence-corrected chi connectivity index (χ1v) is 7.50. The normalized spacial score (nSPS) is 19.4. The van der Waals surface area contributed by atoms with Crippen molar-refractivity contribution in [2.75, 3.05) is 6.54 Å². The average Bonchev–Trinajstić information content (AvgIpc) is 2.83. The van der Waals surface area contributed by atoms with Gasteiger partial charge in [-0.2, -0.15) is 0 Å². The SMILES string of the molecule is CC(C)CC1(C(=O)NCC(C)(C)C(N)=NO)CCCC1. The third-order valence-corrected chi connectivity index (χ3v) is 4.33. The van der Waals surface area contributed by atoms with Crippen LogP contribution in [0.3, 0.4) is 0 Å². The number of oxime groups is 1. The minimum atomic E-state index is -0.540. The number of carbonyl (C=O) groups excluding carboxylic acids is 1. The van der Waals surface area contributed by atoms with Crippen LogP contribution in [0.2, 0.25) is 0 Å². The summed E-state index contributed by atoms with van der Waals surface area (Å²) in [6.07, 6.45) is 5.14. The van der Waals surface area contributed by atoms with Crippen molar-refractivity contribution in [2.45, 2.75) is 59.8 Å². The van der Waals surface area contributed by atoms with Crippen LogP contribution in [-0.2, 0) is 4.79 Å². The predicted molar refractivity (Wildman–Crippen MR) is 80.6 cm³/mol. The number of hydrogen-bond donors (Lipinski definition) is 3. The van der Waals surface area contributed by atoms with E-state index >= 15 is 0 Å². The number of nitrogens with two attached hydrogens (primary N) is 1. The summed E-state index contributed by atoms with van der Waals surface area (Å²) in [6.45, 7) is 8.42. The highest BCUT2D eigenvalue weighted by Gasteiger charge is 2.41. The third-order valence-electron chi connectivity index (χ3n) is 4.33. The van der Waals surface area contributed by atoms with Gasteiger partial charge in [-0.25, -0.2) is 0 Å². The summed E-state index contributed by atoms with van der Waals surface area (Å²) in [5, 5.41) is 14.8. The van der Waals surface area contributed by atoms with Crippen LogP contribution in [0.25, 0.3) is 0 Å². The molecule has 1 aliphatic rings. The zero-order valence-electron chi connectivity index (χ0n) is 13.2. The van der Waals surface area contributed by atoms with Crippen molar-refractivity contribution in [1.29, 1.82) is 0 Å². The fourth-order valence-corrected chi connectivity index (χ4v) is 3.07. The number of hydrogen-bond acceptors (Lipinski definition) is 3. The van der Waals surface area contributed by atoms with Crippen LogP contribution in [0.1, 0.15) is 59.8 Å². The molecule has 0 radical (unpaired) electrons. The lowest BCUT2D eigenvalue weighted by Gasteiger charge is -2.31. The molecule has 0 atom stereocenters. The van der Waals surface area contributed by atoms with E-state index in [1.54, 1.807) is 0 Å². The topological polar surface area (TPSA) is 87.7 Å². The van der Waals surface area contributed by atoms with Crippen molar-refractivity contribution in [3.8, 4) is 0 Å². The van der Waals surface area contributed by atoms with Gasteiger partial charge >= 0.3 is 0 Å². The van der Waals surface area contributed by atoms with Crippen molar-refractivity contribution in [2.24, 2.45) is 27.6 Å². The Morgan fingerprint density at radius 2 is 1.95 bits per heavy atom. The van der Waals surface area contributed by atoms with Crippen LogP contribution in [0.5, 0.6) is 0 Å². The second kappa shape index (κ2) is 6.46. The highest BCUT2D eigenvalue weighted by molar-refractivity contribution is 5.87. The third kappa shape index (κ3) is 3.87. The minimum Gasteiger partial charge on any atom is -0.409 e. The standard InChI is InChI=1S/C15H29N3O2/c1-11(2)9-15(7-5-6-8-15)13(19)17-10-14(3,4)12(16)18-20/h11,20H,5-10H2,1-4H3,(H2,16,18)(H,17,19). The van der Waals surface area contributed by atoms with E-state index in [-0.39, 0.29) is 17.2 Å². The molecule has 5 heteroatoms. The summed E-state index contributed by atoms with van der Waals surface area (Å²) in [4.78, 5) is 12.6. The van der Waals surface area contributed by atoms with E-state index in [4.69, 9.17) is 10.9 Å². The summed E-state index contributed by atoms with van der Waals surface area (Å²) in [6, 6.07) is 0. The van der Waals surface area contributed by atoms with Gasteiger partial charge in [0.2, 0.25) is 5.91 Å². The first-order valence-electron chi connectivity index (χ1n) is 7.50. The molecule has 0 heterocycles. The van der Waals surface area contributed by atoms with E-state index in [0.29, 0.717) is 12.5 Å². The zero-order valence-corrected chi connectivity index (χ0v) is 13.2. The molecule has 5 nitrogen and oxygen atoms in total. The highest BCUT2D eigenvalue weighted by Crippen LogP contribution is 2.43. The maximum atomic E-state index is 12.6. The van der Waals surface area contributed by atoms with Gasteiger partial charge in [-0.05, 0) is 25.2 Å². The quantitative estimate of drug-likeness (QED) is 0.303. The molecule has 0 unspecified atom stereocenters. The molecule has 1 aliphatic carbocycles. The molecule has 0 aromatic carbocycles. The van der Waals surface area contributed by atoms with Crippen molar-refractivity contribution in [3.63, 3.8) is 0 Å². The first kappa shape index (κ1) is 16.8. The Morgan fingerprint density at radius 3 is 2.40 bits per heavy atom. The van der Waals surface area contributed by atoms with Gasteiger partial charge in [-0.3, -0.25) is 4.79 Å². The van der Waals surface area contributed by atoms with E-state index in [2.05, 4.69) is 24.3 Å². The Morgan fingerprint density at radius 1 is 1.40 bits per heavy atom. The molecule has 4 N–H and O–H groups in total. The molecule has 1 amide bonds. The van der Waals surface area contributed by atoms with Crippen LogP contribution in [0.15, 0.2) is 5.16 Å². The Balaban J connectivity index is 2.69. The molecule has 0 spiro atoms. The summed E-state index contributed by atoms with van der Waals surface area (Å²) in [7, 11) is 0. The number of carbonyl (C=O) groups is 1. The number of amides is 1. The summed E-state index contributed by atoms with van der Waals surface area (Å²) < 4.78 is 0. The van der Waals surface area contributed by atoms with E-state index in [1.807, 2.05) is 13.8 Å². The lowest BCUT2D eigenvalue weighted by atomic mass is 9.77. The second-order valence-electron chi connectivity index (χ2n) is 7.14. The molecule has 0 saturated heterocycles. The molecule has 116 valence electrons. The van der Waals surface area contributed by atoms with E-state index in [9.17, 15) is 4.79 Å². The largest absolute Gasteiger partial charge is 0.409 e. The summed E-state index contributed by atoms with van der Waals surface area (Å²) >= 11 is 0. The van der Waals surface area contributed by atoms with Gasteiger partial charge in [0, 0.05) is 17.4 Å². The van der Waals surface area contributed by atoms with Crippen LogP contribution in [0, 0.1) is 16.7 Å². The summed E-state index contributed by atoms with van der Waals surface area (Å²) in [5.41, 5.74) is 4.90. The maximum Gasteiger partial charge on any atom is 0.226 e. The molecule has 0 aliphatic heterocycles. The van der Waals surface area contributed by atoms with E-state index in [1.165, 1.54) is 0 Å². The van der Waals surface area contributed by atoms with Crippen LogP contribution >= 0.6 is 0 Å². The molecule has 1 fully saturated rings. The monoisotopic (exact) mass is 283 g/mol. The van der Waals surface area contributed by atoms with E-state index < -0.39 is 5.41 Å². The molecule has 0 aromatic rings. The Kier molecular flexibility index (Phi) is 5.42. The molecular formula is C15H29N3O2. The van der Waals surface area contributed by atoms with Crippen LogP contribution in [0.4, 0.5) is 0 Å². The minimum absolute atomic E-state index is 0.127. The molecule has 1 rings (SSSR count). The van der Waals surface area contributed by atoms with Gasteiger partial charge in [-0.15, -0.1) is 0 Å². The van der Waals surface area contributed by atoms with Crippen molar-refractivity contribution in [3.05, 3.63) is 0 Å². The van der Waals surface area contributed by atoms with Crippen LogP contribution in [-0.4, -0.2) is 23.5 Å². The zero-order chi connectivity index (χ0) is 15.4. The summed E-state index contributed by atoms with van der Waals surface area (Å²) in [5.74, 6) is 0.778. The van der Waals surface area contributed by atoms with Crippen molar-refractivity contribution in [1.82, 2.24) is 5.32 Å². The smallest absolute Gasteiger partial charge is 0.226 e. The average molecular weight is 283 g/mol. The molecule has 0 aromatic heterocycles. The predicted octanol–water partition coefficient (Wildman–Crippen LogP) is 2.48. The number of amidine groups is 1. The van der Waals surface area contributed by atoms with E-state index in [0.717, 1.165) is 32.1 Å². The Bertz CT molecular complexity index is 369. The Labute approximate surface area is 122 Å². The number of nitrogens with zero attached hydrogens (tertiary/aromatic N) is 1. The van der Waals surface area contributed by atoms with Gasteiger partial charge in [0.1, 0.15) is 5.84 Å². The fraction of sp³-hybridized carbons (Fsp3) is 0.867.